The summed E-state index contributed by atoms with van der Waals surface area (Å²) < 4.78 is 13.2. The highest BCUT2D eigenvalue weighted by atomic mass is 19.1. The van der Waals surface area contributed by atoms with Gasteiger partial charge in [-0.2, -0.15) is 0 Å². The molecule has 0 fully saturated rings. The Labute approximate surface area is 180 Å². The van der Waals surface area contributed by atoms with E-state index in [0.717, 1.165) is 16.7 Å². The van der Waals surface area contributed by atoms with Gasteiger partial charge in [-0.15, -0.1) is 0 Å². The Morgan fingerprint density at radius 2 is 1.61 bits per heavy atom. The van der Waals surface area contributed by atoms with Gasteiger partial charge in [0, 0.05) is 35.8 Å². The van der Waals surface area contributed by atoms with Crippen LogP contribution in [0.15, 0.2) is 91.3 Å². The number of nitrogens with one attached hydrogen (secondary N) is 2. The van der Waals surface area contributed by atoms with Crippen LogP contribution in [0, 0.1) is 5.82 Å². The van der Waals surface area contributed by atoms with E-state index >= 15 is 0 Å². The first kappa shape index (κ1) is 20.2. The molecule has 0 radical (unpaired) electrons. The SMILES string of the molecule is O=C(NCCc1cccc(F)c1)c1cccc(Nc2ncc(-c3ccccc3)cn2)c1. The minimum absolute atomic E-state index is 0.194. The summed E-state index contributed by atoms with van der Waals surface area (Å²) in [5.74, 6) is -0.0228. The summed E-state index contributed by atoms with van der Waals surface area (Å²) in [4.78, 5) is 21.2. The van der Waals surface area contributed by atoms with Crippen LogP contribution in [-0.2, 0) is 6.42 Å². The molecule has 2 N–H and O–H groups in total. The maximum Gasteiger partial charge on any atom is 0.251 e. The van der Waals surface area contributed by atoms with Gasteiger partial charge in [0.05, 0.1) is 0 Å². The fourth-order valence-corrected chi connectivity index (χ4v) is 3.15. The normalized spacial score (nSPS) is 10.5. The maximum absolute atomic E-state index is 13.2. The Kier molecular flexibility index (Phi) is 6.28. The van der Waals surface area contributed by atoms with Crippen LogP contribution in [0.25, 0.3) is 11.1 Å². The van der Waals surface area contributed by atoms with Gasteiger partial charge in [0.1, 0.15) is 5.82 Å². The minimum Gasteiger partial charge on any atom is -0.352 e. The fraction of sp³-hybridized carbons (Fsp3) is 0.0800. The van der Waals surface area contributed by atoms with Gasteiger partial charge in [0.25, 0.3) is 5.91 Å². The van der Waals surface area contributed by atoms with Gasteiger partial charge < -0.3 is 10.6 Å². The lowest BCUT2D eigenvalue weighted by atomic mass is 10.1. The monoisotopic (exact) mass is 412 g/mol. The summed E-state index contributed by atoms with van der Waals surface area (Å²) in [5.41, 5.74) is 4.05. The van der Waals surface area contributed by atoms with Crippen molar-refractivity contribution in [3.8, 4) is 11.1 Å². The average Bonchev–Trinajstić information content (AvgIpc) is 2.80. The topological polar surface area (TPSA) is 66.9 Å². The number of amides is 1. The van der Waals surface area contributed by atoms with E-state index in [1.165, 1.54) is 12.1 Å². The molecule has 0 atom stereocenters. The molecule has 6 heteroatoms. The van der Waals surface area contributed by atoms with Crippen molar-refractivity contribution >= 4 is 17.5 Å². The highest BCUT2D eigenvalue weighted by Gasteiger charge is 2.07. The molecule has 0 aliphatic heterocycles. The third kappa shape index (κ3) is 5.51. The second kappa shape index (κ2) is 9.63. The van der Waals surface area contributed by atoms with E-state index in [1.807, 2.05) is 42.5 Å². The molecular formula is C25H21FN4O. The van der Waals surface area contributed by atoms with E-state index in [1.54, 1.807) is 36.7 Å². The molecule has 154 valence electrons. The lowest BCUT2D eigenvalue weighted by Crippen LogP contribution is -2.25. The predicted molar refractivity (Wildman–Crippen MR) is 120 cm³/mol. The summed E-state index contributed by atoms with van der Waals surface area (Å²) in [6.07, 6.45) is 4.07. The van der Waals surface area contributed by atoms with Crippen molar-refractivity contribution in [2.24, 2.45) is 0 Å². The Balaban J connectivity index is 1.36. The van der Waals surface area contributed by atoms with Gasteiger partial charge in [0.15, 0.2) is 0 Å². The highest BCUT2D eigenvalue weighted by Crippen LogP contribution is 2.19. The molecular weight excluding hydrogens is 391 g/mol. The predicted octanol–water partition coefficient (Wildman–Crippen LogP) is 5.00. The first-order valence-corrected chi connectivity index (χ1v) is 9.94. The molecule has 1 aromatic heterocycles. The number of nitrogens with zero attached hydrogens (tertiary/aromatic N) is 2. The molecule has 4 aromatic rings. The number of hydrogen-bond donors (Lipinski definition) is 2. The zero-order valence-corrected chi connectivity index (χ0v) is 16.8. The standard InChI is InChI=1S/C25H21FN4O/c26-22-10-4-6-18(14-22)12-13-27-24(31)20-9-5-11-23(15-20)30-25-28-16-21(17-29-25)19-7-2-1-3-8-19/h1-11,14-17H,12-13H2,(H,27,31)(H,28,29,30). The quantitative estimate of drug-likeness (QED) is 0.448. The number of hydrogen-bond acceptors (Lipinski definition) is 4. The summed E-state index contributed by atoms with van der Waals surface area (Å²) in [7, 11) is 0. The van der Waals surface area contributed by atoms with Crippen molar-refractivity contribution in [3.05, 3.63) is 108 Å². The van der Waals surface area contributed by atoms with Crippen molar-refractivity contribution in [1.29, 1.82) is 0 Å². The van der Waals surface area contributed by atoms with Crippen LogP contribution in [0.5, 0.6) is 0 Å². The number of halogens is 1. The van der Waals surface area contributed by atoms with Gasteiger partial charge in [0.2, 0.25) is 5.95 Å². The Hall–Kier alpha value is -4.06. The third-order valence-corrected chi connectivity index (χ3v) is 4.73. The van der Waals surface area contributed by atoms with E-state index in [4.69, 9.17) is 0 Å². The second-order valence-electron chi connectivity index (χ2n) is 7.00. The van der Waals surface area contributed by atoms with Crippen LogP contribution < -0.4 is 10.6 Å². The molecule has 1 heterocycles. The molecule has 31 heavy (non-hydrogen) atoms. The molecule has 0 saturated heterocycles. The molecule has 0 aliphatic carbocycles. The first-order chi connectivity index (χ1) is 15.2. The van der Waals surface area contributed by atoms with Gasteiger partial charge in [-0.1, -0.05) is 48.5 Å². The summed E-state index contributed by atoms with van der Waals surface area (Å²) in [6, 6.07) is 23.4. The van der Waals surface area contributed by atoms with E-state index in [2.05, 4.69) is 20.6 Å². The fourth-order valence-electron chi connectivity index (χ4n) is 3.15. The van der Waals surface area contributed by atoms with Crippen LogP contribution in [0.4, 0.5) is 16.0 Å². The van der Waals surface area contributed by atoms with E-state index in [-0.39, 0.29) is 11.7 Å². The summed E-state index contributed by atoms with van der Waals surface area (Å²) >= 11 is 0. The molecule has 5 nitrogen and oxygen atoms in total. The zero-order valence-electron chi connectivity index (χ0n) is 16.8. The number of benzene rings is 3. The number of rotatable bonds is 7. The lowest BCUT2D eigenvalue weighted by molar-refractivity contribution is 0.0954. The second-order valence-corrected chi connectivity index (χ2v) is 7.00. The number of carbonyl (C=O) groups excluding carboxylic acids is 1. The molecule has 1 amide bonds. The maximum atomic E-state index is 13.2. The largest absolute Gasteiger partial charge is 0.352 e. The third-order valence-electron chi connectivity index (χ3n) is 4.73. The van der Waals surface area contributed by atoms with Gasteiger partial charge in [-0.05, 0) is 47.9 Å². The molecule has 0 spiro atoms. The average molecular weight is 412 g/mol. The summed E-state index contributed by atoms with van der Waals surface area (Å²) in [6.45, 7) is 0.421. The summed E-state index contributed by atoms with van der Waals surface area (Å²) in [5, 5.41) is 5.99. The number of anilines is 2. The van der Waals surface area contributed by atoms with E-state index < -0.39 is 0 Å². The Morgan fingerprint density at radius 3 is 2.39 bits per heavy atom. The molecule has 0 unspecified atom stereocenters. The zero-order chi connectivity index (χ0) is 21.5. The van der Waals surface area contributed by atoms with Crippen LogP contribution >= 0.6 is 0 Å². The molecule has 0 aliphatic rings. The van der Waals surface area contributed by atoms with Crippen molar-refractivity contribution in [1.82, 2.24) is 15.3 Å². The first-order valence-electron chi connectivity index (χ1n) is 9.94. The Morgan fingerprint density at radius 1 is 0.839 bits per heavy atom. The van der Waals surface area contributed by atoms with Crippen LogP contribution in [0.3, 0.4) is 0 Å². The number of aromatic nitrogens is 2. The van der Waals surface area contributed by atoms with Crippen molar-refractivity contribution < 1.29 is 9.18 Å². The van der Waals surface area contributed by atoms with Gasteiger partial charge >= 0.3 is 0 Å². The van der Waals surface area contributed by atoms with Crippen molar-refractivity contribution in [2.75, 3.05) is 11.9 Å². The molecule has 3 aromatic carbocycles. The smallest absolute Gasteiger partial charge is 0.251 e. The van der Waals surface area contributed by atoms with E-state index in [0.29, 0.717) is 30.2 Å². The Bertz CT molecular complexity index is 1160. The molecule has 0 bridgehead atoms. The molecule has 4 rings (SSSR count). The van der Waals surface area contributed by atoms with Crippen LogP contribution in [0.1, 0.15) is 15.9 Å². The van der Waals surface area contributed by atoms with Gasteiger partial charge in [-0.25, -0.2) is 14.4 Å². The minimum atomic E-state index is -0.276. The molecule has 0 saturated carbocycles. The van der Waals surface area contributed by atoms with E-state index in [9.17, 15) is 9.18 Å². The van der Waals surface area contributed by atoms with Crippen LogP contribution in [-0.4, -0.2) is 22.4 Å². The highest BCUT2D eigenvalue weighted by molar-refractivity contribution is 5.95. The van der Waals surface area contributed by atoms with Gasteiger partial charge in [-0.3, -0.25) is 4.79 Å². The number of carbonyl (C=O) groups is 1. The lowest BCUT2D eigenvalue weighted by Gasteiger charge is -2.09. The van der Waals surface area contributed by atoms with Crippen LogP contribution in [0.2, 0.25) is 0 Å². The van der Waals surface area contributed by atoms with Crippen molar-refractivity contribution in [3.63, 3.8) is 0 Å². The van der Waals surface area contributed by atoms with Crippen molar-refractivity contribution in [2.45, 2.75) is 6.42 Å².